The Bertz CT molecular complexity index is 982. The lowest BCUT2D eigenvalue weighted by atomic mass is 10.0. The molecule has 0 saturated heterocycles. The summed E-state index contributed by atoms with van der Waals surface area (Å²) in [6.07, 6.45) is 63.0. The molecule has 1 amide bonds. The van der Waals surface area contributed by atoms with Crippen molar-refractivity contribution in [2.75, 3.05) is 13.2 Å². The van der Waals surface area contributed by atoms with Crippen LogP contribution in [0.1, 0.15) is 303 Å². The minimum atomic E-state index is -0.678. The molecule has 372 valence electrons. The maximum Gasteiger partial charge on any atom is 0.305 e. The van der Waals surface area contributed by atoms with Gasteiger partial charge in [0.15, 0.2) is 0 Å². The van der Waals surface area contributed by atoms with E-state index in [0.717, 1.165) is 77.0 Å². The summed E-state index contributed by atoms with van der Waals surface area (Å²) in [7, 11) is 0. The maximum absolute atomic E-state index is 12.5. The SMILES string of the molecule is CCCCCCCCCCCCCCCCCCC(=O)OCCCCC/C=C\C=C/CCCCCCCCC(=O)NC(CO)C(O)CCCCCCCCCCCCCCCCC. The van der Waals surface area contributed by atoms with E-state index in [1.807, 2.05) is 0 Å². The van der Waals surface area contributed by atoms with Gasteiger partial charge in [-0.25, -0.2) is 0 Å². The number of rotatable bonds is 52. The van der Waals surface area contributed by atoms with Crippen LogP contribution in [0, 0.1) is 0 Å². The summed E-state index contributed by atoms with van der Waals surface area (Å²) < 4.78 is 5.45. The van der Waals surface area contributed by atoms with Crippen LogP contribution in [0.4, 0.5) is 0 Å². The Balaban J connectivity index is 3.50. The number of nitrogens with one attached hydrogen (secondary N) is 1. The average Bonchev–Trinajstić information content (AvgIpc) is 3.28. The zero-order valence-electron chi connectivity index (χ0n) is 42.3. The number of hydrogen-bond donors (Lipinski definition) is 3. The van der Waals surface area contributed by atoms with E-state index < -0.39 is 12.1 Å². The normalized spacial score (nSPS) is 12.8. The summed E-state index contributed by atoms with van der Waals surface area (Å²) in [5.74, 6) is -0.0742. The molecule has 0 aliphatic heterocycles. The maximum atomic E-state index is 12.5. The van der Waals surface area contributed by atoms with Gasteiger partial charge in [-0.15, -0.1) is 0 Å². The standard InChI is InChI=1S/C57H109NO5/c1-3-5-7-9-11-13-15-17-19-23-27-31-35-39-43-47-51-57(62)63-52-48-44-40-36-32-28-24-20-22-26-30-34-38-42-46-50-56(61)58-54(53-59)55(60)49-45-41-37-33-29-25-21-18-16-14-12-10-8-6-4-2/h20,24,28,32,54-55,59-60H,3-19,21-23,25-27,29-31,33-53H2,1-2H3,(H,58,61)/b24-20-,32-28-. The minimum absolute atomic E-state index is 0.0180. The number of amides is 1. The monoisotopic (exact) mass is 888 g/mol. The lowest BCUT2D eigenvalue weighted by Crippen LogP contribution is -2.45. The third-order valence-corrected chi connectivity index (χ3v) is 13.0. The van der Waals surface area contributed by atoms with Gasteiger partial charge in [0.25, 0.3) is 0 Å². The van der Waals surface area contributed by atoms with Crippen LogP contribution >= 0.6 is 0 Å². The van der Waals surface area contributed by atoms with Crippen molar-refractivity contribution in [1.29, 1.82) is 0 Å². The molecule has 0 aromatic heterocycles. The van der Waals surface area contributed by atoms with E-state index in [0.29, 0.717) is 25.9 Å². The molecule has 2 unspecified atom stereocenters. The summed E-state index contributed by atoms with van der Waals surface area (Å²) in [6, 6.07) is -0.557. The van der Waals surface area contributed by atoms with Crippen molar-refractivity contribution >= 4 is 11.9 Å². The number of aliphatic hydroxyl groups excluding tert-OH is 2. The van der Waals surface area contributed by atoms with Gasteiger partial charge in [-0.3, -0.25) is 9.59 Å². The zero-order valence-corrected chi connectivity index (χ0v) is 42.3. The summed E-state index contributed by atoms with van der Waals surface area (Å²) in [4.78, 5) is 24.5. The second-order valence-electron chi connectivity index (χ2n) is 19.3. The van der Waals surface area contributed by atoms with Gasteiger partial charge in [0, 0.05) is 12.8 Å². The molecule has 0 aliphatic rings. The number of unbranched alkanes of at least 4 members (excludes halogenated alkanes) is 38. The van der Waals surface area contributed by atoms with Gasteiger partial charge in [-0.05, 0) is 57.8 Å². The van der Waals surface area contributed by atoms with E-state index in [1.165, 1.54) is 193 Å². The molecule has 0 spiro atoms. The number of hydrogen-bond acceptors (Lipinski definition) is 5. The van der Waals surface area contributed by atoms with Crippen LogP contribution in [-0.4, -0.2) is 47.4 Å². The fourth-order valence-corrected chi connectivity index (χ4v) is 8.69. The predicted molar refractivity (Wildman–Crippen MR) is 273 cm³/mol. The average molecular weight is 889 g/mol. The number of esters is 1. The highest BCUT2D eigenvalue weighted by atomic mass is 16.5. The quantitative estimate of drug-likeness (QED) is 0.0321. The molecule has 0 aromatic carbocycles. The molecule has 0 saturated carbocycles. The Morgan fingerprint density at radius 1 is 0.444 bits per heavy atom. The third kappa shape index (κ3) is 49.6. The van der Waals surface area contributed by atoms with E-state index in [2.05, 4.69) is 43.5 Å². The van der Waals surface area contributed by atoms with E-state index >= 15 is 0 Å². The fourth-order valence-electron chi connectivity index (χ4n) is 8.69. The van der Waals surface area contributed by atoms with Crippen molar-refractivity contribution in [2.45, 2.75) is 315 Å². The summed E-state index contributed by atoms with van der Waals surface area (Å²) >= 11 is 0. The lowest BCUT2D eigenvalue weighted by Gasteiger charge is -2.22. The van der Waals surface area contributed by atoms with E-state index in [9.17, 15) is 19.8 Å². The molecule has 0 radical (unpaired) electrons. The first-order valence-corrected chi connectivity index (χ1v) is 28.1. The Morgan fingerprint density at radius 2 is 0.778 bits per heavy atom. The topological polar surface area (TPSA) is 95.9 Å². The lowest BCUT2D eigenvalue weighted by molar-refractivity contribution is -0.143. The second kappa shape index (κ2) is 53.0. The third-order valence-electron chi connectivity index (χ3n) is 13.0. The molecular formula is C57H109NO5. The number of carbonyl (C=O) groups excluding carboxylic acids is 2. The van der Waals surface area contributed by atoms with Gasteiger partial charge < -0.3 is 20.3 Å². The molecule has 0 aromatic rings. The predicted octanol–water partition coefficient (Wildman–Crippen LogP) is 17.1. The molecule has 0 fully saturated rings. The number of allylic oxidation sites excluding steroid dienone is 4. The van der Waals surface area contributed by atoms with Crippen LogP contribution in [-0.2, 0) is 14.3 Å². The van der Waals surface area contributed by atoms with Crippen LogP contribution in [0.3, 0.4) is 0 Å². The van der Waals surface area contributed by atoms with Gasteiger partial charge in [-0.2, -0.15) is 0 Å². The van der Waals surface area contributed by atoms with Crippen molar-refractivity contribution in [3.63, 3.8) is 0 Å². The van der Waals surface area contributed by atoms with Gasteiger partial charge in [-0.1, -0.05) is 256 Å². The molecule has 2 atom stereocenters. The Kier molecular flexibility index (Phi) is 51.6. The highest BCUT2D eigenvalue weighted by Gasteiger charge is 2.20. The smallest absolute Gasteiger partial charge is 0.305 e. The molecule has 3 N–H and O–H groups in total. The van der Waals surface area contributed by atoms with E-state index in [1.54, 1.807) is 0 Å². The van der Waals surface area contributed by atoms with Crippen molar-refractivity contribution in [1.82, 2.24) is 5.32 Å². The molecule has 63 heavy (non-hydrogen) atoms. The number of ether oxygens (including phenoxy) is 1. The number of carbonyl (C=O) groups is 2. The first kappa shape index (κ1) is 61.3. The van der Waals surface area contributed by atoms with Crippen LogP contribution in [0.5, 0.6) is 0 Å². The Morgan fingerprint density at radius 3 is 1.17 bits per heavy atom. The van der Waals surface area contributed by atoms with Gasteiger partial charge in [0.2, 0.25) is 5.91 Å². The molecule has 0 aliphatic carbocycles. The molecule has 6 nitrogen and oxygen atoms in total. The second-order valence-corrected chi connectivity index (χ2v) is 19.3. The van der Waals surface area contributed by atoms with E-state index in [4.69, 9.17) is 4.74 Å². The van der Waals surface area contributed by atoms with Crippen LogP contribution in [0.25, 0.3) is 0 Å². The van der Waals surface area contributed by atoms with E-state index in [-0.39, 0.29) is 18.5 Å². The van der Waals surface area contributed by atoms with Gasteiger partial charge in [0.1, 0.15) is 0 Å². The van der Waals surface area contributed by atoms with Crippen molar-refractivity contribution in [3.8, 4) is 0 Å². The molecule has 0 rings (SSSR count). The van der Waals surface area contributed by atoms with Gasteiger partial charge >= 0.3 is 5.97 Å². The largest absolute Gasteiger partial charge is 0.466 e. The van der Waals surface area contributed by atoms with Crippen molar-refractivity contribution in [2.24, 2.45) is 0 Å². The van der Waals surface area contributed by atoms with Crippen molar-refractivity contribution in [3.05, 3.63) is 24.3 Å². The van der Waals surface area contributed by atoms with Crippen LogP contribution in [0.15, 0.2) is 24.3 Å². The highest BCUT2D eigenvalue weighted by Crippen LogP contribution is 2.17. The minimum Gasteiger partial charge on any atom is -0.466 e. The summed E-state index contributed by atoms with van der Waals surface area (Å²) in [5.41, 5.74) is 0. The fraction of sp³-hybridized carbons (Fsp3) is 0.895. The Labute approximate surface area is 392 Å². The summed E-state index contributed by atoms with van der Waals surface area (Å²) in [5, 5.41) is 23.2. The first-order valence-electron chi connectivity index (χ1n) is 28.1. The number of aliphatic hydroxyl groups is 2. The van der Waals surface area contributed by atoms with Crippen LogP contribution < -0.4 is 5.32 Å². The molecule has 6 heteroatoms. The van der Waals surface area contributed by atoms with Crippen LogP contribution in [0.2, 0.25) is 0 Å². The zero-order chi connectivity index (χ0) is 45.8. The van der Waals surface area contributed by atoms with Crippen molar-refractivity contribution < 1.29 is 24.5 Å². The molecule has 0 bridgehead atoms. The van der Waals surface area contributed by atoms with Gasteiger partial charge in [0.05, 0.1) is 25.4 Å². The molecular weight excluding hydrogens is 779 g/mol. The summed E-state index contributed by atoms with van der Waals surface area (Å²) in [6.45, 7) is 4.91. The highest BCUT2D eigenvalue weighted by molar-refractivity contribution is 5.76. The Hall–Kier alpha value is -1.66. The molecule has 0 heterocycles. The first-order chi connectivity index (χ1) is 31.0.